The SMILES string of the molecule is CC1(C)OC[C@H]2OC=C[C@H](OC(N)=O)[C@@H]2O1. The van der Waals surface area contributed by atoms with Crippen molar-refractivity contribution in [3.8, 4) is 0 Å². The maximum Gasteiger partial charge on any atom is 0.405 e. The van der Waals surface area contributed by atoms with Crippen LogP contribution in [0.1, 0.15) is 13.8 Å². The Bertz CT molecular complexity index is 314. The number of fused-ring (bicyclic) bond motifs is 1. The molecule has 16 heavy (non-hydrogen) atoms. The topological polar surface area (TPSA) is 80.0 Å². The van der Waals surface area contributed by atoms with E-state index in [4.69, 9.17) is 24.7 Å². The van der Waals surface area contributed by atoms with Crippen LogP contribution in [0.25, 0.3) is 0 Å². The van der Waals surface area contributed by atoms with Crippen molar-refractivity contribution in [3.05, 3.63) is 12.3 Å². The molecule has 0 aliphatic carbocycles. The first-order valence-corrected chi connectivity index (χ1v) is 5.08. The molecule has 6 heteroatoms. The van der Waals surface area contributed by atoms with Gasteiger partial charge in [-0.15, -0.1) is 0 Å². The number of carbonyl (C=O) groups excluding carboxylic acids is 1. The van der Waals surface area contributed by atoms with E-state index < -0.39 is 18.0 Å². The Morgan fingerprint density at radius 2 is 2.31 bits per heavy atom. The van der Waals surface area contributed by atoms with E-state index in [1.807, 2.05) is 0 Å². The first kappa shape index (κ1) is 11.2. The lowest BCUT2D eigenvalue weighted by molar-refractivity contribution is -0.318. The van der Waals surface area contributed by atoms with Crippen molar-refractivity contribution in [1.82, 2.24) is 0 Å². The quantitative estimate of drug-likeness (QED) is 0.708. The lowest BCUT2D eigenvalue weighted by Crippen LogP contribution is -2.56. The first-order valence-electron chi connectivity index (χ1n) is 5.08. The van der Waals surface area contributed by atoms with Gasteiger partial charge in [0.1, 0.15) is 6.10 Å². The number of rotatable bonds is 1. The Morgan fingerprint density at radius 3 is 3.00 bits per heavy atom. The lowest BCUT2D eigenvalue weighted by Gasteiger charge is -2.43. The molecule has 1 fully saturated rings. The summed E-state index contributed by atoms with van der Waals surface area (Å²) in [5.74, 6) is -0.713. The smallest absolute Gasteiger partial charge is 0.405 e. The number of hydrogen-bond acceptors (Lipinski definition) is 5. The molecule has 2 aliphatic rings. The molecule has 2 heterocycles. The third-order valence-electron chi connectivity index (χ3n) is 2.48. The van der Waals surface area contributed by atoms with Gasteiger partial charge in [0.05, 0.1) is 12.9 Å². The molecule has 0 aromatic carbocycles. The Labute approximate surface area is 93.3 Å². The van der Waals surface area contributed by atoms with E-state index in [2.05, 4.69) is 0 Å². The van der Waals surface area contributed by atoms with Crippen molar-refractivity contribution in [2.45, 2.75) is 37.9 Å². The lowest BCUT2D eigenvalue weighted by atomic mass is 10.0. The van der Waals surface area contributed by atoms with Crippen molar-refractivity contribution in [1.29, 1.82) is 0 Å². The van der Waals surface area contributed by atoms with E-state index in [9.17, 15) is 4.79 Å². The Balaban J connectivity index is 2.11. The summed E-state index contributed by atoms with van der Waals surface area (Å²) in [4.78, 5) is 10.7. The molecule has 90 valence electrons. The number of primary amides is 1. The van der Waals surface area contributed by atoms with E-state index >= 15 is 0 Å². The highest BCUT2D eigenvalue weighted by Gasteiger charge is 2.44. The van der Waals surface area contributed by atoms with Gasteiger partial charge in [-0.2, -0.15) is 0 Å². The van der Waals surface area contributed by atoms with E-state index in [1.165, 1.54) is 6.26 Å². The Hall–Kier alpha value is -1.27. The second-order valence-corrected chi connectivity index (χ2v) is 4.20. The highest BCUT2D eigenvalue weighted by atomic mass is 16.7. The summed E-state index contributed by atoms with van der Waals surface area (Å²) in [6.07, 6.45) is 1.05. The molecule has 0 radical (unpaired) electrons. The van der Waals surface area contributed by atoms with Crippen LogP contribution in [0.3, 0.4) is 0 Å². The van der Waals surface area contributed by atoms with E-state index in [-0.39, 0.29) is 12.2 Å². The normalized spacial score (nSPS) is 36.0. The van der Waals surface area contributed by atoms with Crippen molar-refractivity contribution in [3.63, 3.8) is 0 Å². The fourth-order valence-corrected chi connectivity index (χ4v) is 1.78. The number of hydrogen-bond donors (Lipinski definition) is 1. The van der Waals surface area contributed by atoms with Gasteiger partial charge >= 0.3 is 6.09 Å². The molecular weight excluding hydrogens is 214 g/mol. The predicted molar refractivity (Wildman–Crippen MR) is 53.4 cm³/mol. The molecule has 0 aromatic rings. The molecule has 6 nitrogen and oxygen atoms in total. The van der Waals surface area contributed by atoms with E-state index in [1.54, 1.807) is 19.9 Å². The maximum absolute atomic E-state index is 10.7. The molecule has 0 unspecified atom stereocenters. The number of amides is 1. The van der Waals surface area contributed by atoms with Crippen molar-refractivity contribution >= 4 is 6.09 Å². The fraction of sp³-hybridized carbons (Fsp3) is 0.700. The standard InChI is InChI=1S/C10H15NO5/c1-10(2)14-5-7-8(16-10)6(3-4-13-7)15-9(11)12/h3-4,6-8H,5H2,1-2H3,(H2,11,12)/t6-,7+,8-/m0/s1. The van der Waals surface area contributed by atoms with Crippen molar-refractivity contribution < 1.29 is 23.7 Å². The molecule has 0 saturated carbocycles. The molecule has 0 spiro atoms. The van der Waals surface area contributed by atoms with Gasteiger partial charge in [-0.1, -0.05) is 0 Å². The summed E-state index contributed by atoms with van der Waals surface area (Å²) in [6.45, 7) is 3.98. The molecule has 0 bridgehead atoms. The van der Waals surface area contributed by atoms with Crippen LogP contribution in [0.5, 0.6) is 0 Å². The average Bonchev–Trinajstić information content (AvgIpc) is 2.17. The molecule has 2 rings (SSSR count). The van der Waals surface area contributed by atoms with Crippen molar-refractivity contribution in [2.24, 2.45) is 5.73 Å². The summed E-state index contributed by atoms with van der Waals surface area (Å²) < 4.78 is 21.4. The van der Waals surface area contributed by atoms with Gasteiger partial charge in [0, 0.05) is 0 Å². The molecule has 3 atom stereocenters. The van der Waals surface area contributed by atoms with Crippen molar-refractivity contribution in [2.75, 3.05) is 6.61 Å². The molecule has 2 aliphatic heterocycles. The van der Waals surface area contributed by atoms with Crippen LogP contribution in [0.4, 0.5) is 4.79 Å². The highest BCUT2D eigenvalue weighted by Crippen LogP contribution is 2.29. The molecular formula is C10H15NO5. The average molecular weight is 229 g/mol. The van der Waals surface area contributed by atoms with Crippen LogP contribution in [0.2, 0.25) is 0 Å². The molecule has 1 amide bonds. The van der Waals surface area contributed by atoms with Crippen LogP contribution in [0, 0.1) is 0 Å². The summed E-state index contributed by atoms with van der Waals surface area (Å²) in [5, 5.41) is 0. The maximum atomic E-state index is 10.7. The van der Waals surface area contributed by atoms with E-state index in [0.29, 0.717) is 6.61 Å². The second-order valence-electron chi connectivity index (χ2n) is 4.20. The largest absolute Gasteiger partial charge is 0.493 e. The van der Waals surface area contributed by atoms with Gasteiger partial charge in [0.25, 0.3) is 0 Å². The predicted octanol–water partition coefficient (Wildman–Crippen LogP) is 0.514. The zero-order valence-electron chi connectivity index (χ0n) is 9.21. The Morgan fingerprint density at radius 1 is 1.56 bits per heavy atom. The monoisotopic (exact) mass is 229 g/mol. The second kappa shape index (κ2) is 3.95. The summed E-state index contributed by atoms with van der Waals surface area (Å²) in [5.41, 5.74) is 4.99. The van der Waals surface area contributed by atoms with Gasteiger partial charge in [0.2, 0.25) is 0 Å². The number of nitrogens with two attached hydrogens (primary N) is 1. The third-order valence-corrected chi connectivity index (χ3v) is 2.48. The Kier molecular flexibility index (Phi) is 2.77. The highest BCUT2D eigenvalue weighted by molar-refractivity contribution is 5.65. The molecule has 0 aromatic heterocycles. The number of ether oxygens (including phenoxy) is 4. The first-order chi connectivity index (χ1) is 7.48. The van der Waals surface area contributed by atoms with E-state index in [0.717, 1.165) is 0 Å². The van der Waals surface area contributed by atoms with Gasteiger partial charge in [-0.25, -0.2) is 4.79 Å². The van der Waals surface area contributed by atoms with Gasteiger partial charge in [0.15, 0.2) is 18.0 Å². The zero-order valence-corrected chi connectivity index (χ0v) is 9.21. The van der Waals surface area contributed by atoms with Gasteiger partial charge in [-0.05, 0) is 19.9 Å². The molecule has 1 saturated heterocycles. The fourth-order valence-electron chi connectivity index (χ4n) is 1.78. The zero-order chi connectivity index (χ0) is 11.8. The minimum absolute atomic E-state index is 0.276. The number of carbonyl (C=O) groups is 1. The summed E-state index contributed by atoms with van der Waals surface area (Å²) >= 11 is 0. The van der Waals surface area contributed by atoms with Gasteiger partial charge in [-0.3, -0.25) is 0 Å². The van der Waals surface area contributed by atoms with Crippen LogP contribution in [-0.4, -0.2) is 36.8 Å². The minimum atomic E-state index is -0.830. The molecule has 2 N–H and O–H groups in total. The van der Waals surface area contributed by atoms with Crippen LogP contribution in [-0.2, 0) is 18.9 Å². The minimum Gasteiger partial charge on any atom is -0.493 e. The van der Waals surface area contributed by atoms with Gasteiger partial charge < -0.3 is 24.7 Å². The third kappa shape index (κ3) is 2.28. The van der Waals surface area contributed by atoms with Crippen LogP contribution >= 0.6 is 0 Å². The van der Waals surface area contributed by atoms with Crippen LogP contribution in [0.15, 0.2) is 12.3 Å². The van der Waals surface area contributed by atoms with Crippen LogP contribution < -0.4 is 5.73 Å². The summed E-state index contributed by atoms with van der Waals surface area (Å²) in [7, 11) is 0. The summed E-state index contributed by atoms with van der Waals surface area (Å²) in [6, 6.07) is 0.